The standard InChI is InChI=1S/C39H64N4O17/c1-36(2,3)60-35(47)41-16-20-27-28(55-37(4,5)54-27)24(51-20)17(40)13-21(44)42-18(25-29-31(33(49-11)52-25)58-38(6,7)56-29)14-22(45)43-19(15-23(46)48-10)26-30-32(34(50-12)53-26)59-39(8,9)57-30/h17-20,24-34H,13-16,40H2,1-12H3,(H,41,47)(H,42,44)(H,43,45)/t17-,18+,19-,20-,24-,25-,26-,27-,28+,29+,30+,31+,32+,33+,34+/m1/s1. The number of carbonyl (C=O) groups is 4. The monoisotopic (exact) mass is 860 g/mol. The molecule has 0 bridgehead atoms. The fourth-order valence-corrected chi connectivity index (χ4v) is 8.76. The molecule has 0 spiro atoms. The first-order valence-electron chi connectivity index (χ1n) is 20.4. The van der Waals surface area contributed by atoms with Crippen molar-refractivity contribution in [3.8, 4) is 0 Å². The highest BCUT2D eigenvalue weighted by Gasteiger charge is 2.60. The lowest BCUT2D eigenvalue weighted by Gasteiger charge is -2.32. The number of fused-ring (bicyclic) bond motifs is 3. The topological polar surface area (TPSA) is 250 Å². The van der Waals surface area contributed by atoms with Crippen LogP contribution in [0.1, 0.15) is 81.6 Å². The van der Waals surface area contributed by atoms with Gasteiger partial charge >= 0.3 is 12.1 Å². The van der Waals surface area contributed by atoms with Crippen LogP contribution >= 0.6 is 0 Å². The molecule has 0 unspecified atom stereocenters. The van der Waals surface area contributed by atoms with Crippen LogP contribution in [0.2, 0.25) is 0 Å². The van der Waals surface area contributed by atoms with Crippen molar-refractivity contribution >= 4 is 23.9 Å². The van der Waals surface area contributed by atoms with Gasteiger partial charge in [0.05, 0.1) is 25.6 Å². The molecule has 21 nitrogen and oxygen atoms in total. The quantitative estimate of drug-likeness (QED) is 0.161. The summed E-state index contributed by atoms with van der Waals surface area (Å²) in [6, 6.07) is -2.92. The molecule has 6 heterocycles. The maximum atomic E-state index is 14.2. The van der Waals surface area contributed by atoms with E-state index < -0.39 is 139 Å². The molecule has 6 aliphatic heterocycles. The molecular formula is C39H64N4O17. The first-order valence-corrected chi connectivity index (χ1v) is 20.4. The molecule has 6 rings (SSSR count). The van der Waals surface area contributed by atoms with Gasteiger partial charge in [0.25, 0.3) is 0 Å². The Labute approximate surface area is 350 Å². The number of ether oxygens (including phenoxy) is 13. The number of methoxy groups -OCH3 is 3. The van der Waals surface area contributed by atoms with Crippen LogP contribution in [0.3, 0.4) is 0 Å². The number of hydrogen-bond donors (Lipinski definition) is 4. The number of esters is 1. The van der Waals surface area contributed by atoms with Gasteiger partial charge in [-0.05, 0) is 62.3 Å². The SMILES string of the molecule is COC(=O)C[C@@H](NC(=O)C[C@H](NC(=O)C[C@@H](N)[C@H]1O[C@H](CNC(=O)OC(C)(C)C)[C@H]2OC(C)(C)O[C@@H]12)[C@H]1O[C@H](OC)[C@H]2OC(C)(C)O[C@H]21)[C@H]1O[C@H](OC)[C@H]2OC(C)(C)O[C@H]21. The Morgan fingerprint density at radius 2 is 1.05 bits per heavy atom. The molecule has 5 N–H and O–H groups in total. The molecule has 6 aliphatic rings. The molecule has 0 aliphatic carbocycles. The van der Waals surface area contributed by atoms with Crippen LogP contribution in [0.15, 0.2) is 0 Å². The molecule has 0 aromatic carbocycles. The van der Waals surface area contributed by atoms with E-state index in [0.29, 0.717) is 0 Å². The van der Waals surface area contributed by atoms with Gasteiger partial charge in [0.1, 0.15) is 66.6 Å². The number of carbonyl (C=O) groups excluding carboxylic acids is 4. The molecule has 0 saturated carbocycles. The number of amides is 3. The lowest BCUT2D eigenvalue weighted by Crippen LogP contribution is -2.55. The maximum absolute atomic E-state index is 14.2. The smallest absolute Gasteiger partial charge is 0.407 e. The van der Waals surface area contributed by atoms with Crippen molar-refractivity contribution in [2.24, 2.45) is 5.73 Å². The Balaban J connectivity index is 1.18. The average molecular weight is 861 g/mol. The Morgan fingerprint density at radius 1 is 0.617 bits per heavy atom. The van der Waals surface area contributed by atoms with Gasteiger partial charge in [-0.25, -0.2) is 4.79 Å². The third-order valence-corrected chi connectivity index (χ3v) is 10.9. The number of nitrogens with one attached hydrogen (secondary N) is 3. The van der Waals surface area contributed by atoms with Crippen molar-refractivity contribution in [1.29, 1.82) is 0 Å². The van der Waals surface area contributed by atoms with Gasteiger partial charge in [0.15, 0.2) is 29.9 Å². The molecule has 342 valence electrons. The van der Waals surface area contributed by atoms with E-state index in [9.17, 15) is 19.2 Å². The zero-order chi connectivity index (χ0) is 44.1. The van der Waals surface area contributed by atoms with Gasteiger partial charge in [0.2, 0.25) is 11.8 Å². The fourth-order valence-electron chi connectivity index (χ4n) is 8.76. The molecule has 0 radical (unpaired) electrons. The highest BCUT2D eigenvalue weighted by Crippen LogP contribution is 2.43. The molecule has 6 fully saturated rings. The Kier molecular flexibility index (Phi) is 13.8. The molecule has 21 heteroatoms. The first-order chi connectivity index (χ1) is 27.9. The summed E-state index contributed by atoms with van der Waals surface area (Å²) in [5.74, 6) is -4.71. The molecule has 6 saturated heterocycles. The van der Waals surface area contributed by atoms with Gasteiger partial charge < -0.3 is 83.3 Å². The van der Waals surface area contributed by atoms with Crippen LogP contribution in [-0.2, 0) is 76.0 Å². The molecule has 60 heavy (non-hydrogen) atoms. The minimum Gasteiger partial charge on any atom is -0.469 e. The summed E-state index contributed by atoms with van der Waals surface area (Å²) in [4.78, 5) is 53.4. The summed E-state index contributed by atoms with van der Waals surface area (Å²) in [5.41, 5.74) is 5.99. The normalized spacial score (nSPS) is 37.4. The Hall–Kier alpha value is -2.80. The van der Waals surface area contributed by atoms with E-state index in [2.05, 4.69) is 16.0 Å². The lowest BCUT2D eigenvalue weighted by atomic mass is 9.97. The molecule has 3 amide bonds. The number of alkyl carbamates (subject to hydrolysis) is 1. The van der Waals surface area contributed by atoms with Crippen molar-refractivity contribution in [2.45, 2.75) is 196 Å². The summed E-state index contributed by atoms with van der Waals surface area (Å²) in [6.07, 6.45) is -10.6. The van der Waals surface area contributed by atoms with Crippen LogP contribution in [0.4, 0.5) is 4.79 Å². The van der Waals surface area contributed by atoms with E-state index >= 15 is 0 Å². The largest absolute Gasteiger partial charge is 0.469 e. The van der Waals surface area contributed by atoms with Gasteiger partial charge in [-0.15, -0.1) is 0 Å². The Morgan fingerprint density at radius 3 is 1.52 bits per heavy atom. The Bertz CT molecular complexity index is 1570. The number of rotatable bonds is 15. The van der Waals surface area contributed by atoms with Crippen LogP contribution in [-0.4, -0.2) is 166 Å². The van der Waals surface area contributed by atoms with E-state index in [4.69, 9.17) is 67.3 Å². The van der Waals surface area contributed by atoms with E-state index in [-0.39, 0.29) is 25.8 Å². The number of nitrogens with two attached hydrogens (primary N) is 1. The maximum Gasteiger partial charge on any atom is 0.407 e. The van der Waals surface area contributed by atoms with Gasteiger partial charge in [-0.1, -0.05) is 0 Å². The van der Waals surface area contributed by atoms with Crippen LogP contribution in [0, 0.1) is 0 Å². The second kappa shape index (κ2) is 17.8. The van der Waals surface area contributed by atoms with E-state index in [0.717, 1.165) is 0 Å². The fraction of sp³-hybridized carbons (Fsp3) is 0.897. The first kappa shape index (κ1) is 46.7. The van der Waals surface area contributed by atoms with Crippen LogP contribution in [0.5, 0.6) is 0 Å². The highest BCUT2D eigenvalue weighted by atomic mass is 16.8. The summed E-state index contributed by atoms with van der Waals surface area (Å²) in [5, 5.41) is 8.58. The minimum absolute atomic E-state index is 0.0378. The van der Waals surface area contributed by atoms with Gasteiger partial charge in [0, 0.05) is 39.6 Å². The third-order valence-electron chi connectivity index (χ3n) is 10.9. The van der Waals surface area contributed by atoms with Crippen molar-refractivity contribution in [2.75, 3.05) is 27.9 Å². The summed E-state index contributed by atoms with van der Waals surface area (Å²) >= 11 is 0. The van der Waals surface area contributed by atoms with Crippen molar-refractivity contribution in [3.63, 3.8) is 0 Å². The van der Waals surface area contributed by atoms with E-state index in [1.807, 2.05) is 0 Å². The van der Waals surface area contributed by atoms with Gasteiger partial charge in [-0.3, -0.25) is 14.4 Å². The third kappa shape index (κ3) is 10.7. The van der Waals surface area contributed by atoms with E-state index in [1.165, 1.54) is 21.3 Å². The van der Waals surface area contributed by atoms with Crippen LogP contribution in [0.25, 0.3) is 0 Å². The predicted molar refractivity (Wildman–Crippen MR) is 203 cm³/mol. The molecule has 0 aromatic heterocycles. The molecular weight excluding hydrogens is 796 g/mol. The highest BCUT2D eigenvalue weighted by molar-refractivity contribution is 5.81. The van der Waals surface area contributed by atoms with Crippen molar-refractivity contribution < 1.29 is 80.8 Å². The molecule has 0 aromatic rings. The number of hydrogen-bond acceptors (Lipinski definition) is 18. The second-order valence-electron chi connectivity index (χ2n) is 18.3. The zero-order valence-corrected chi connectivity index (χ0v) is 36.5. The lowest BCUT2D eigenvalue weighted by molar-refractivity contribution is -0.230. The molecule has 15 atom stereocenters. The van der Waals surface area contributed by atoms with E-state index in [1.54, 1.807) is 62.3 Å². The van der Waals surface area contributed by atoms with Crippen molar-refractivity contribution in [3.05, 3.63) is 0 Å². The van der Waals surface area contributed by atoms with Crippen LogP contribution < -0.4 is 21.7 Å². The average Bonchev–Trinajstić information content (AvgIpc) is 3.94. The summed E-state index contributed by atoms with van der Waals surface area (Å²) in [6.45, 7) is 15.8. The second-order valence-corrected chi connectivity index (χ2v) is 18.3. The minimum atomic E-state index is -1.03. The summed E-state index contributed by atoms with van der Waals surface area (Å²) < 4.78 is 77.0. The van der Waals surface area contributed by atoms with Crippen molar-refractivity contribution in [1.82, 2.24) is 16.0 Å². The van der Waals surface area contributed by atoms with Gasteiger partial charge in [-0.2, -0.15) is 0 Å². The predicted octanol–water partition coefficient (Wildman–Crippen LogP) is 0.222. The summed E-state index contributed by atoms with van der Waals surface area (Å²) in [7, 11) is 4.15. The zero-order valence-electron chi connectivity index (χ0n) is 36.5.